The van der Waals surface area contributed by atoms with Crippen molar-refractivity contribution >= 4 is 0 Å². The number of aliphatic hydroxyl groups excluding tert-OH is 1. The van der Waals surface area contributed by atoms with Gasteiger partial charge in [0.05, 0.1) is 6.10 Å². The summed E-state index contributed by atoms with van der Waals surface area (Å²) in [5, 5.41) is 9.73. The van der Waals surface area contributed by atoms with Gasteiger partial charge in [-0.1, -0.05) is 26.0 Å². The number of hydrogen-bond acceptors (Lipinski definition) is 2. The zero-order valence-electron chi connectivity index (χ0n) is 10.3. The van der Waals surface area contributed by atoms with Gasteiger partial charge in [-0.2, -0.15) is 0 Å². The fourth-order valence-electron chi connectivity index (χ4n) is 1.92. The Morgan fingerprint density at radius 3 is 2.53 bits per heavy atom. The second kappa shape index (κ2) is 5.15. The summed E-state index contributed by atoms with van der Waals surface area (Å²) in [4.78, 5) is 4.30. The number of hydrogen-bond donors (Lipinski definition) is 1. The lowest BCUT2D eigenvalue weighted by Crippen LogP contribution is -2.00. The van der Waals surface area contributed by atoms with Crippen molar-refractivity contribution in [2.75, 3.05) is 0 Å². The van der Waals surface area contributed by atoms with Crippen molar-refractivity contribution in [2.24, 2.45) is 0 Å². The molecule has 0 aliphatic rings. The molecule has 2 aromatic rings. The molecule has 0 radical (unpaired) electrons. The second-order valence-electron chi connectivity index (χ2n) is 4.08. The van der Waals surface area contributed by atoms with Gasteiger partial charge in [0.25, 0.3) is 0 Å². The van der Waals surface area contributed by atoms with Crippen molar-refractivity contribution in [3.8, 4) is 5.69 Å². The summed E-state index contributed by atoms with van der Waals surface area (Å²) in [5.41, 5.74) is 2.06. The van der Waals surface area contributed by atoms with Gasteiger partial charge in [-0.05, 0) is 24.1 Å². The van der Waals surface area contributed by atoms with Gasteiger partial charge in [-0.15, -0.1) is 0 Å². The molecule has 0 spiro atoms. The van der Waals surface area contributed by atoms with Crippen LogP contribution in [0.5, 0.6) is 0 Å². The number of aliphatic hydroxyl groups is 1. The minimum Gasteiger partial charge on any atom is -0.388 e. The van der Waals surface area contributed by atoms with Crippen molar-refractivity contribution in [2.45, 2.75) is 32.8 Å². The third kappa shape index (κ3) is 2.39. The molecule has 1 N–H and O–H groups in total. The minimum absolute atomic E-state index is 0.363. The Balaban J connectivity index is 2.29. The number of rotatable bonds is 4. The van der Waals surface area contributed by atoms with Crippen LogP contribution in [0.1, 0.15) is 37.8 Å². The van der Waals surface area contributed by atoms with E-state index in [9.17, 15) is 5.11 Å². The van der Waals surface area contributed by atoms with E-state index in [1.165, 1.54) is 0 Å². The van der Waals surface area contributed by atoms with E-state index in [0.29, 0.717) is 0 Å². The molecule has 3 heteroatoms. The first-order chi connectivity index (χ1) is 8.26. The first-order valence-corrected chi connectivity index (χ1v) is 6.06. The van der Waals surface area contributed by atoms with E-state index < -0.39 is 0 Å². The molecule has 0 bridgehead atoms. The highest BCUT2D eigenvalue weighted by atomic mass is 16.3. The number of aryl methyl sites for hydroxylation is 1. The maximum absolute atomic E-state index is 9.73. The van der Waals surface area contributed by atoms with Crippen LogP contribution in [0, 0.1) is 0 Å². The smallest absolute Gasteiger partial charge is 0.112 e. The van der Waals surface area contributed by atoms with E-state index in [0.717, 1.165) is 29.9 Å². The maximum atomic E-state index is 9.73. The Morgan fingerprint density at radius 1 is 1.24 bits per heavy atom. The predicted octanol–water partition coefficient (Wildman–Crippen LogP) is 2.88. The quantitative estimate of drug-likeness (QED) is 0.877. The fraction of sp³-hybridized carbons (Fsp3) is 0.357. The molecule has 0 saturated heterocycles. The van der Waals surface area contributed by atoms with E-state index in [1.54, 1.807) is 0 Å². The van der Waals surface area contributed by atoms with Crippen LogP contribution < -0.4 is 0 Å². The number of imidazole rings is 1. The zero-order chi connectivity index (χ0) is 12.3. The lowest BCUT2D eigenvalue weighted by atomic mass is 10.1. The molecule has 2 rings (SSSR count). The summed E-state index contributed by atoms with van der Waals surface area (Å²) in [6.45, 7) is 4.07. The average molecular weight is 230 g/mol. The maximum Gasteiger partial charge on any atom is 0.112 e. The highest BCUT2D eigenvalue weighted by Gasteiger charge is 2.06. The molecule has 1 aromatic carbocycles. The first kappa shape index (κ1) is 11.9. The number of nitrogens with zero attached hydrogens (tertiary/aromatic N) is 2. The van der Waals surface area contributed by atoms with Crippen LogP contribution in [0.4, 0.5) is 0 Å². The van der Waals surface area contributed by atoms with Crippen molar-refractivity contribution in [3.05, 3.63) is 48.0 Å². The van der Waals surface area contributed by atoms with E-state index >= 15 is 0 Å². The summed E-state index contributed by atoms with van der Waals surface area (Å²) < 4.78 is 2.07. The van der Waals surface area contributed by atoms with Gasteiger partial charge in [0.2, 0.25) is 0 Å². The Labute approximate surface area is 102 Å². The van der Waals surface area contributed by atoms with E-state index in [-0.39, 0.29) is 6.10 Å². The van der Waals surface area contributed by atoms with Gasteiger partial charge in [-0.25, -0.2) is 4.98 Å². The van der Waals surface area contributed by atoms with Gasteiger partial charge >= 0.3 is 0 Å². The lowest BCUT2D eigenvalue weighted by molar-refractivity contribution is 0.173. The Morgan fingerprint density at radius 2 is 1.94 bits per heavy atom. The van der Waals surface area contributed by atoms with Crippen LogP contribution in [-0.2, 0) is 6.42 Å². The van der Waals surface area contributed by atoms with Crippen molar-refractivity contribution < 1.29 is 5.11 Å². The average Bonchev–Trinajstić information content (AvgIpc) is 2.86. The monoisotopic (exact) mass is 230 g/mol. The topological polar surface area (TPSA) is 38.0 Å². The van der Waals surface area contributed by atoms with Crippen LogP contribution in [0.2, 0.25) is 0 Å². The molecule has 0 unspecified atom stereocenters. The standard InChI is InChI=1S/C14H18N2O/c1-3-13(17)11-5-7-12(8-6-11)16-10-9-15-14(16)4-2/h5-10,13,17H,3-4H2,1-2H3/t13-/m1/s1. The Bertz CT molecular complexity index is 473. The molecular formula is C14H18N2O. The molecule has 1 aromatic heterocycles. The van der Waals surface area contributed by atoms with E-state index in [1.807, 2.05) is 43.6 Å². The third-order valence-corrected chi connectivity index (χ3v) is 2.98. The zero-order valence-corrected chi connectivity index (χ0v) is 10.3. The fourth-order valence-corrected chi connectivity index (χ4v) is 1.92. The van der Waals surface area contributed by atoms with Crippen molar-refractivity contribution in [1.82, 2.24) is 9.55 Å². The molecule has 17 heavy (non-hydrogen) atoms. The van der Waals surface area contributed by atoms with Gasteiger partial charge in [-0.3, -0.25) is 0 Å². The van der Waals surface area contributed by atoms with Gasteiger partial charge in [0, 0.05) is 24.5 Å². The Kier molecular flexibility index (Phi) is 3.59. The molecule has 90 valence electrons. The van der Waals surface area contributed by atoms with Crippen molar-refractivity contribution in [1.29, 1.82) is 0 Å². The Hall–Kier alpha value is -1.61. The third-order valence-electron chi connectivity index (χ3n) is 2.98. The largest absolute Gasteiger partial charge is 0.388 e. The molecule has 0 saturated carbocycles. The summed E-state index contributed by atoms with van der Waals surface area (Å²) in [6.07, 6.45) is 5.06. The molecular weight excluding hydrogens is 212 g/mol. The summed E-state index contributed by atoms with van der Waals surface area (Å²) in [7, 11) is 0. The molecule has 0 aliphatic heterocycles. The molecule has 1 atom stereocenters. The molecule has 1 heterocycles. The summed E-state index contributed by atoms with van der Waals surface area (Å²) in [6, 6.07) is 8.00. The predicted molar refractivity (Wildman–Crippen MR) is 68.2 cm³/mol. The minimum atomic E-state index is -0.363. The second-order valence-corrected chi connectivity index (χ2v) is 4.08. The van der Waals surface area contributed by atoms with Crippen LogP contribution >= 0.6 is 0 Å². The van der Waals surface area contributed by atoms with E-state index in [2.05, 4.69) is 16.5 Å². The molecule has 0 fully saturated rings. The van der Waals surface area contributed by atoms with Crippen molar-refractivity contribution in [3.63, 3.8) is 0 Å². The van der Waals surface area contributed by atoms with Gasteiger partial charge in [0.1, 0.15) is 5.82 Å². The van der Waals surface area contributed by atoms with Crippen LogP contribution in [-0.4, -0.2) is 14.7 Å². The van der Waals surface area contributed by atoms with Crippen LogP contribution in [0.25, 0.3) is 5.69 Å². The highest BCUT2D eigenvalue weighted by Crippen LogP contribution is 2.19. The van der Waals surface area contributed by atoms with Crippen LogP contribution in [0.15, 0.2) is 36.7 Å². The molecule has 0 aliphatic carbocycles. The van der Waals surface area contributed by atoms with E-state index in [4.69, 9.17) is 0 Å². The normalized spacial score (nSPS) is 12.6. The van der Waals surface area contributed by atoms with Gasteiger partial charge < -0.3 is 9.67 Å². The molecule has 0 amide bonds. The SMILES string of the molecule is CCc1nccn1-c1ccc([C@H](O)CC)cc1. The number of aromatic nitrogens is 2. The van der Waals surface area contributed by atoms with Crippen LogP contribution in [0.3, 0.4) is 0 Å². The first-order valence-electron chi connectivity index (χ1n) is 6.06. The molecule has 3 nitrogen and oxygen atoms in total. The summed E-state index contributed by atoms with van der Waals surface area (Å²) in [5.74, 6) is 1.05. The highest BCUT2D eigenvalue weighted by molar-refractivity contribution is 5.36. The lowest BCUT2D eigenvalue weighted by Gasteiger charge is -2.10. The van der Waals surface area contributed by atoms with Gasteiger partial charge in [0.15, 0.2) is 0 Å². The summed E-state index contributed by atoms with van der Waals surface area (Å²) >= 11 is 0. The number of benzene rings is 1.